The van der Waals surface area contributed by atoms with E-state index >= 15 is 0 Å². The topological polar surface area (TPSA) is 75.7 Å². The third kappa shape index (κ3) is 3.63. The highest BCUT2D eigenvalue weighted by Crippen LogP contribution is 2.28. The van der Waals surface area contributed by atoms with Crippen molar-refractivity contribution in [2.45, 2.75) is 25.4 Å². The second-order valence-electron chi connectivity index (χ2n) is 6.98. The van der Waals surface area contributed by atoms with Crippen LogP contribution in [-0.4, -0.2) is 33.0 Å². The summed E-state index contributed by atoms with van der Waals surface area (Å²) in [6, 6.07) is 12.0. The molecule has 0 bridgehead atoms. The molecule has 4 heterocycles. The number of thiazole rings is 1. The molecule has 1 aliphatic rings. The van der Waals surface area contributed by atoms with E-state index in [1.165, 1.54) is 5.56 Å². The van der Waals surface area contributed by atoms with Gasteiger partial charge >= 0.3 is 0 Å². The average Bonchev–Trinajstić information content (AvgIpc) is 3.40. The normalized spacial score (nSPS) is 15.1. The fourth-order valence-corrected chi connectivity index (χ4v) is 4.25. The highest BCUT2D eigenvalue weighted by Gasteiger charge is 2.17. The summed E-state index contributed by atoms with van der Waals surface area (Å²) in [5.74, 6) is 2.18. The van der Waals surface area contributed by atoms with Crippen molar-refractivity contribution in [2.75, 3.05) is 13.1 Å². The molecule has 142 valence electrons. The van der Waals surface area contributed by atoms with E-state index in [2.05, 4.69) is 31.3 Å². The quantitative estimate of drug-likeness (QED) is 0.535. The van der Waals surface area contributed by atoms with Crippen LogP contribution in [-0.2, 0) is 6.61 Å². The Balaban J connectivity index is 1.34. The molecule has 4 aromatic rings. The van der Waals surface area contributed by atoms with Crippen molar-refractivity contribution in [2.24, 2.45) is 0 Å². The smallest absolute Gasteiger partial charge is 0.178 e. The van der Waals surface area contributed by atoms with Crippen LogP contribution in [0.15, 0.2) is 48.0 Å². The molecular formula is C21H21N5OS. The van der Waals surface area contributed by atoms with Gasteiger partial charge in [0.1, 0.15) is 23.1 Å². The first-order chi connectivity index (χ1) is 13.8. The Morgan fingerprint density at radius 1 is 1.11 bits per heavy atom. The maximum atomic E-state index is 5.78. The van der Waals surface area contributed by atoms with Crippen LogP contribution in [0, 0.1) is 0 Å². The van der Waals surface area contributed by atoms with Gasteiger partial charge in [-0.15, -0.1) is 11.3 Å². The molecule has 1 saturated heterocycles. The van der Waals surface area contributed by atoms with Crippen LogP contribution in [0.5, 0.6) is 5.75 Å². The molecule has 0 amide bonds. The number of ether oxygens (including phenoxy) is 1. The summed E-state index contributed by atoms with van der Waals surface area (Å²) in [6.07, 6.45) is 4.29. The monoisotopic (exact) mass is 391 g/mol. The first kappa shape index (κ1) is 17.3. The fourth-order valence-electron chi connectivity index (χ4n) is 3.56. The second kappa shape index (κ2) is 7.69. The van der Waals surface area contributed by atoms with Gasteiger partial charge in [-0.3, -0.25) is 0 Å². The molecule has 2 N–H and O–H groups in total. The Kier molecular flexibility index (Phi) is 4.76. The van der Waals surface area contributed by atoms with Crippen LogP contribution < -0.4 is 10.1 Å². The number of aromatic amines is 1. The van der Waals surface area contributed by atoms with E-state index in [0.717, 1.165) is 59.4 Å². The maximum absolute atomic E-state index is 5.78. The van der Waals surface area contributed by atoms with Crippen LogP contribution in [0.3, 0.4) is 0 Å². The number of pyridine rings is 1. The van der Waals surface area contributed by atoms with Crippen molar-refractivity contribution in [3.05, 3.63) is 58.5 Å². The van der Waals surface area contributed by atoms with Gasteiger partial charge in [0.05, 0.1) is 5.52 Å². The van der Waals surface area contributed by atoms with E-state index in [-0.39, 0.29) is 0 Å². The third-order valence-corrected chi connectivity index (χ3v) is 5.89. The zero-order chi connectivity index (χ0) is 18.8. The Morgan fingerprint density at radius 2 is 1.96 bits per heavy atom. The van der Waals surface area contributed by atoms with Crippen LogP contribution >= 0.6 is 11.3 Å². The van der Waals surface area contributed by atoms with E-state index in [1.807, 2.05) is 41.9 Å². The lowest BCUT2D eigenvalue weighted by molar-refractivity contribution is 0.305. The molecule has 0 unspecified atom stereocenters. The molecule has 5 rings (SSSR count). The average molecular weight is 392 g/mol. The molecule has 1 fully saturated rings. The molecule has 0 spiro atoms. The summed E-state index contributed by atoms with van der Waals surface area (Å²) in [7, 11) is 0. The van der Waals surface area contributed by atoms with E-state index in [4.69, 9.17) is 4.74 Å². The first-order valence-corrected chi connectivity index (χ1v) is 10.4. The summed E-state index contributed by atoms with van der Waals surface area (Å²) >= 11 is 1.58. The number of rotatable bonds is 5. The summed E-state index contributed by atoms with van der Waals surface area (Å²) < 4.78 is 5.78. The Labute approximate surface area is 167 Å². The number of aromatic nitrogens is 4. The van der Waals surface area contributed by atoms with Crippen molar-refractivity contribution in [3.8, 4) is 17.3 Å². The predicted molar refractivity (Wildman–Crippen MR) is 111 cm³/mol. The SMILES string of the molecule is c1ccc(OCc2nc(-c3nc4ncc(C5CCNCC5)cc4[nH]3)cs2)cc1. The number of H-pyrrole nitrogens is 1. The number of nitrogens with zero attached hydrogens (tertiary/aromatic N) is 3. The van der Waals surface area contributed by atoms with Crippen LogP contribution in [0.25, 0.3) is 22.7 Å². The van der Waals surface area contributed by atoms with Gasteiger partial charge in [-0.2, -0.15) is 0 Å². The number of nitrogens with one attached hydrogen (secondary N) is 2. The first-order valence-electron chi connectivity index (χ1n) is 9.54. The minimum Gasteiger partial charge on any atom is -0.486 e. The molecule has 28 heavy (non-hydrogen) atoms. The molecular weight excluding hydrogens is 370 g/mol. The minimum atomic E-state index is 0.451. The van der Waals surface area contributed by atoms with Crippen LogP contribution in [0.4, 0.5) is 0 Å². The van der Waals surface area contributed by atoms with Gasteiger partial charge in [-0.1, -0.05) is 18.2 Å². The number of imidazole rings is 1. The summed E-state index contributed by atoms with van der Waals surface area (Å²) in [5, 5.41) is 6.34. The molecule has 6 nitrogen and oxygen atoms in total. The van der Waals surface area contributed by atoms with E-state index in [0.29, 0.717) is 12.5 Å². The van der Waals surface area contributed by atoms with Gasteiger partial charge in [0, 0.05) is 11.6 Å². The predicted octanol–water partition coefficient (Wildman–Crippen LogP) is 4.13. The zero-order valence-corrected chi connectivity index (χ0v) is 16.2. The highest BCUT2D eigenvalue weighted by atomic mass is 32.1. The standard InChI is InChI=1S/C21H21N5OS/c1-2-4-16(5-3-1)27-12-19-24-18(13-28-19)21-25-17-10-15(11-23-20(17)26-21)14-6-8-22-9-7-14/h1-5,10-11,13-14,22H,6-9,12H2,(H,23,25,26). The highest BCUT2D eigenvalue weighted by molar-refractivity contribution is 7.09. The fraction of sp³-hybridized carbons (Fsp3) is 0.286. The lowest BCUT2D eigenvalue weighted by atomic mass is 9.91. The molecule has 0 aliphatic carbocycles. The van der Waals surface area contributed by atoms with E-state index in [9.17, 15) is 0 Å². The molecule has 1 aromatic carbocycles. The van der Waals surface area contributed by atoms with Gasteiger partial charge in [0.2, 0.25) is 0 Å². The molecule has 1 aliphatic heterocycles. The molecule has 0 radical (unpaired) electrons. The van der Waals surface area contributed by atoms with Crippen molar-refractivity contribution in [1.82, 2.24) is 25.3 Å². The summed E-state index contributed by atoms with van der Waals surface area (Å²) in [5.41, 5.74) is 3.83. The van der Waals surface area contributed by atoms with Gasteiger partial charge < -0.3 is 15.0 Å². The van der Waals surface area contributed by atoms with Crippen LogP contribution in [0.2, 0.25) is 0 Å². The number of hydrogen-bond acceptors (Lipinski definition) is 6. The van der Waals surface area contributed by atoms with Crippen molar-refractivity contribution in [3.63, 3.8) is 0 Å². The van der Waals surface area contributed by atoms with E-state index in [1.54, 1.807) is 11.3 Å². The largest absolute Gasteiger partial charge is 0.486 e. The molecule has 0 atom stereocenters. The van der Waals surface area contributed by atoms with Crippen molar-refractivity contribution >= 4 is 22.5 Å². The molecule has 0 saturated carbocycles. The lowest BCUT2D eigenvalue weighted by Crippen LogP contribution is -2.26. The number of piperidine rings is 1. The Bertz CT molecular complexity index is 1070. The number of para-hydroxylation sites is 1. The Hall–Kier alpha value is -2.77. The van der Waals surface area contributed by atoms with Gasteiger partial charge in [-0.05, 0) is 55.6 Å². The zero-order valence-electron chi connectivity index (χ0n) is 15.4. The number of hydrogen-bond donors (Lipinski definition) is 2. The maximum Gasteiger partial charge on any atom is 0.178 e. The molecule has 7 heteroatoms. The summed E-state index contributed by atoms with van der Waals surface area (Å²) in [4.78, 5) is 17.3. The third-order valence-electron chi connectivity index (χ3n) is 5.07. The second-order valence-corrected chi connectivity index (χ2v) is 7.92. The van der Waals surface area contributed by atoms with Gasteiger partial charge in [0.25, 0.3) is 0 Å². The van der Waals surface area contributed by atoms with Gasteiger partial charge in [0.15, 0.2) is 11.5 Å². The van der Waals surface area contributed by atoms with Crippen molar-refractivity contribution < 1.29 is 4.74 Å². The van der Waals surface area contributed by atoms with Crippen LogP contribution in [0.1, 0.15) is 29.3 Å². The van der Waals surface area contributed by atoms with Gasteiger partial charge in [-0.25, -0.2) is 15.0 Å². The minimum absolute atomic E-state index is 0.451. The number of fused-ring (bicyclic) bond motifs is 1. The number of benzene rings is 1. The lowest BCUT2D eigenvalue weighted by Gasteiger charge is -2.22. The van der Waals surface area contributed by atoms with Crippen molar-refractivity contribution in [1.29, 1.82) is 0 Å². The molecule has 3 aromatic heterocycles. The van der Waals surface area contributed by atoms with E-state index < -0.39 is 0 Å². The summed E-state index contributed by atoms with van der Waals surface area (Å²) in [6.45, 7) is 2.60. The Morgan fingerprint density at radius 3 is 2.82 bits per heavy atom.